The highest BCUT2D eigenvalue weighted by Crippen LogP contribution is 2.42. The van der Waals surface area contributed by atoms with Crippen molar-refractivity contribution in [1.82, 2.24) is 9.57 Å². The second-order valence-corrected chi connectivity index (χ2v) is 10.8. The van der Waals surface area contributed by atoms with E-state index in [9.17, 15) is 0 Å². The molecule has 0 aliphatic carbocycles. The van der Waals surface area contributed by atoms with Gasteiger partial charge in [-0.15, -0.1) is 0 Å². The van der Waals surface area contributed by atoms with E-state index < -0.39 is 5.54 Å². The summed E-state index contributed by atoms with van der Waals surface area (Å²) in [4.78, 5) is 2.46. The van der Waals surface area contributed by atoms with Crippen LogP contribution in [0.1, 0.15) is 55.5 Å². The van der Waals surface area contributed by atoms with Gasteiger partial charge >= 0.3 is 0 Å². The first-order chi connectivity index (χ1) is 16.3. The summed E-state index contributed by atoms with van der Waals surface area (Å²) in [6.45, 7) is 14.7. The molecule has 0 aliphatic rings. The molecule has 3 aromatic rings. The van der Waals surface area contributed by atoms with E-state index in [0.717, 1.165) is 6.54 Å². The van der Waals surface area contributed by atoms with Gasteiger partial charge in [-0.05, 0) is 65.3 Å². The Bertz CT molecular complexity index is 947. The maximum atomic E-state index is 6.24. The number of nitrogens with zero attached hydrogens (tertiary/aromatic N) is 2. The monoisotopic (exact) mass is 476 g/mol. The zero-order valence-electron chi connectivity index (χ0n) is 21.9. The molecule has 34 heavy (non-hydrogen) atoms. The topological polar surface area (TPSA) is 15.7 Å². The van der Waals surface area contributed by atoms with Crippen molar-refractivity contribution in [2.75, 3.05) is 20.2 Å². The average molecular weight is 477 g/mol. The van der Waals surface area contributed by atoms with Crippen LogP contribution < -0.4 is 0 Å². The number of likely N-dealkylation sites (N-methyl/N-ethyl adjacent to an activating group) is 1. The highest BCUT2D eigenvalue weighted by Gasteiger charge is 2.40. The standard InChI is InChI=1S/C30H41N2OP/c1-23(2)32(24(3)4)34-33-22-21-31(7)30(27-11-9-8-10-12-27,28-17-13-25(5)14-18-28)29-19-15-26(6)16-20-29/h8-20,23-24,34H,21-22H2,1-7H3. The smallest absolute Gasteiger partial charge is 0.0971 e. The van der Waals surface area contributed by atoms with Crippen molar-refractivity contribution >= 4 is 8.96 Å². The molecule has 3 aromatic carbocycles. The zero-order chi connectivity index (χ0) is 24.7. The highest BCUT2D eigenvalue weighted by atomic mass is 31.1. The molecule has 0 saturated heterocycles. The second kappa shape index (κ2) is 12.1. The van der Waals surface area contributed by atoms with Gasteiger partial charge in [-0.2, -0.15) is 0 Å². The molecule has 1 atom stereocenters. The van der Waals surface area contributed by atoms with Gasteiger partial charge in [-0.25, -0.2) is 0 Å². The van der Waals surface area contributed by atoms with Gasteiger partial charge in [0.2, 0.25) is 0 Å². The molecule has 0 spiro atoms. The van der Waals surface area contributed by atoms with Crippen LogP contribution in [-0.4, -0.2) is 41.9 Å². The molecule has 0 bridgehead atoms. The summed E-state index contributed by atoms with van der Waals surface area (Å²) < 4.78 is 8.65. The Morgan fingerprint density at radius 1 is 0.706 bits per heavy atom. The molecule has 0 radical (unpaired) electrons. The van der Waals surface area contributed by atoms with Crippen molar-refractivity contribution < 1.29 is 4.52 Å². The Balaban J connectivity index is 2.00. The molecule has 0 aromatic heterocycles. The Morgan fingerprint density at radius 3 is 1.59 bits per heavy atom. The number of hydrogen-bond donors (Lipinski definition) is 0. The van der Waals surface area contributed by atoms with E-state index in [0.29, 0.717) is 27.6 Å². The summed E-state index contributed by atoms with van der Waals surface area (Å²) in [5, 5.41) is 0. The van der Waals surface area contributed by atoms with Crippen LogP contribution >= 0.6 is 8.96 Å². The fourth-order valence-electron chi connectivity index (χ4n) is 4.71. The average Bonchev–Trinajstić information content (AvgIpc) is 2.82. The van der Waals surface area contributed by atoms with Gasteiger partial charge in [-0.1, -0.05) is 90.0 Å². The minimum atomic E-state index is -0.412. The highest BCUT2D eigenvalue weighted by molar-refractivity contribution is 7.29. The van der Waals surface area contributed by atoms with Crippen molar-refractivity contribution in [3.05, 3.63) is 107 Å². The van der Waals surface area contributed by atoms with E-state index >= 15 is 0 Å². The van der Waals surface area contributed by atoms with E-state index in [1.54, 1.807) is 0 Å². The second-order valence-electron chi connectivity index (χ2n) is 9.76. The lowest BCUT2D eigenvalue weighted by atomic mass is 9.75. The normalized spacial score (nSPS) is 12.7. The first kappa shape index (κ1) is 26.6. The zero-order valence-corrected chi connectivity index (χ0v) is 22.9. The predicted molar refractivity (Wildman–Crippen MR) is 148 cm³/mol. The van der Waals surface area contributed by atoms with E-state index in [4.69, 9.17) is 4.52 Å². The van der Waals surface area contributed by atoms with Crippen LogP contribution in [0, 0.1) is 13.8 Å². The quantitative estimate of drug-likeness (QED) is 0.166. The number of rotatable bonds is 11. The van der Waals surface area contributed by atoms with Crippen LogP contribution in [0.3, 0.4) is 0 Å². The van der Waals surface area contributed by atoms with E-state index in [1.165, 1.54) is 27.8 Å². The number of aryl methyl sites for hydroxylation is 2. The van der Waals surface area contributed by atoms with Crippen molar-refractivity contribution in [2.24, 2.45) is 0 Å². The molecule has 4 heteroatoms. The molecule has 182 valence electrons. The van der Waals surface area contributed by atoms with Crippen molar-refractivity contribution in [2.45, 2.75) is 59.2 Å². The minimum Gasteiger partial charge on any atom is -0.345 e. The van der Waals surface area contributed by atoms with Gasteiger partial charge in [0.1, 0.15) is 0 Å². The van der Waals surface area contributed by atoms with Gasteiger partial charge in [0.25, 0.3) is 0 Å². The van der Waals surface area contributed by atoms with Gasteiger partial charge in [0.05, 0.1) is 21.1 Å². The van der Waals surface area contributed by atoms with Crippen LogP contribution in [-0.2, 0) is 10.1 Å². The van der Waals surface area contributed by atoms with Crippen LogP contribution in [0.5, 0.6) is 0 Å². The summed E-state index contributed by atoms with van der Waals surface area (Å²) in [5.41, 5.74) is 5.92. The SMILES string of the molecule is Cc1ccc(C(c2ccccc2)(c2ccc(C)cc2)N(C)CCOPN(C(C)C)C(C)C)cc1. The van der Waals surface area contributed by atoms with Crippen LogP contribution in [0.2, 0.25) is 0 Å². The van der Waals surface area contributed by atoms with E-state index in [-0.39, 0.29) is 0 Å². The third-order valence-corrected chi connectivity index (χ3v) is 8.09. The third-order valence-electron chi connectivity index (χ3n) is 6.51. The molecule has 3 nitrogen and oxygen atoms in total. The lowest BCUT2D eigenvalue weighted by Gasteiger charge is -2.44. The summed E-state index contributed by atoms with van der Waals surface area (Å²) in [6.07, 6.45) is 0. The Labute approximate surface area is 209 Å². The first-order valence-electron chi connectivity index (χ1n) is 12.3. The molecule has 0 saturated carbocycles. The van der Waals surface area contributed by atoms with Crippen molar-refractivity contribution in [3.8, 4) is 0 Å². The van der Waals surface area contributed by atoms with Gasteiger partial charge < -0.3 is 4.52 Å². The Hall–Kier alpha value is -2.03. The lowest BCUT2D eigenvalue weighted by Crippen LogP contribution is -2.47. The first-order valence-corrected chi connectivity index (χ1v) is 13.2. The Morgan fingerprint density at radius 2 is 1.15 bits per heavy atom. The maximum absolute atomic E-state index is 6.24. The summed E-state index contributed by atoms with van der Waals surface area (Å²) in [5.74, 6) is 0. The predicted octanol–water partition coefficient (Wildman–Crippen LogP) is 7.17. The van der Waals surface area contributed by atoms with E-state index in [1.807, 2.05) is 0 Å². The molecule has 1 unspecified atom stereocenters. The lowest BCUT2D eigenvalue weighted by molar-refractivity contribution is 0.161. The molecule has 0 fully saturated rings. The third kappa shape index (κ3) is 5.96. The van der Waals surface area contributed by atoms with Gasteiger partial charge in [0, 0.05) is 18.6 Å². The van der Waals surface area contributed by atoms with Crippen LogP contribution in [0.15, 0.2) is 78.9 Å². The molecule has 3 rings (SSSR count). The number of hydrogen-bond acceptors (Lipinski definition) is 3. The molecule has 0 aliphatic heterocycles. The molecule has 0 amide bonds. The molecular formula is C30H41N2OP. The summed E-state index contributed by atoms with van der Waals surface area (Å²) in [7, 11) is 2.59. The van der Waals surface area contributed by atoms with Crippen molar-refractivity contribution in [3.63, 3.8) is 0 Å². The maximum Gasteiger partial charge on any atom is 0.0971 e. The summed E-state index contributed by atoms with van der Waals surface area (Å²) in [6, 6.07) is 29.8. The number of benzene rings is 3. The largest absolute Gasteiger partial charge is 0.345 e. The van der Waals surface area contributed by atoms with Gasteiger partial charge in [-0.3, -0.25) is 9.57 Å². The van der Waals surface area contributed by atoms with Crippen LogP contribution in [0.4, 0.5) is 0 Å². The molecular weight excluding hydrogens is 435 g/mol. The van der Waals surface area contributed by atoms with Crippen molar-refractivity contribution in [1.29, 1.82) is 0 Å². The fraction of sp³-hybridized carbons (Fsp3) is 0.400. The van der Waals surface area contributed by atoms with Gasteiger partial charge in [0.15, 0.2) is 0 Å². The molecule has 0 heterocycles. The molecule has 0 N–H and O–H groups in total. The Kier molecular flexibility index (Phi) is 9.45. The summed E-state index contributed by atoms with van der Waals surface area (Å²) >= 11 is 0. The fourth-order valence-corrected chi connectivity index (χ4v) is 5.46. The van der Waals surface area contributed by atoms with Crippen LogP contribution in [0.25, 0.3) is 0 Å². The minimum absolute atomic E-state index is 0.370. The van der Waals surface area contributed by atoms with E-state index in [2.05, 4.69) is 137 Å².